The monoisotopic (exact) mass is 256 g/mol. The summed E-state index contributed by atoms with van der Waals surface area (Å²) >= 11 is 0. The first-order chi connectivity index (χ1) is 9.15. The minimum atomic E-state index is -0.676. The molecule has 0 saturated carbocycles. The van der Waals surface area contributed by atoms with Crippen LogP contribution in [-0.2, 0) is 4.74 Å². The number of ether oxygens (including phenoxy) is 1. The Morgan fingerprint density at radius 3 is 2.95 bits per heavy atom. The molecule has 2 rings (SSSR count). The molecule has 0 saturated heterocycles. The van der Waals surface area contributed by atoms with Gasteiger partial charge in [-0.2, -0.15) is 10.2 Å². The number of carbonyl (C=O) groups is 1. The van der Waals surface area contributed by atoms with Gasteiger partial charge in [-0.25, -0.2) is 4.79 Å². The van der Waals surface area contributed by atoms with Gasteiger partial charge in [0.05, 0.1) is 6.61 Å². The van der Waals surface area contributed by atoms with Crippen molar-refractivity contribution in [1.29, 1.82) is 5.26 Å². The van der Waals surface area contributed by atoms with Crippen LogP contribution >= 0.6 is 0 Å². The van der Waals surface area contributed by atoms with E-state index in [-0.39, 0.29) is 24.0 Å². The molecular weight excluding hydrogens is 244 g/mol. The first-order valence-electron chi connectivity index (χ1n) is 5.80. The maximum atomic E-state index is 11.6. The van der Waals surface area contributed by atoms with Crippen molar-refractivity contribution in [2.75, 3.05) is 6.61 Å². The zero-order valence-corrected chi connectivity index (χ0v) is 10.6. The highest BCUT2D eigenvalue weighted by Crippen LogP contribution is 2.23. The Balaban J connectivity index is 2.45. The van der Waals surface area contributed by atoms with Gasteiger partial charge < -0.3 is 9.15 Å². The molecule has 0 atom stereocenters. The normalized spacial score (nSPS) is 9.95. The fourth-order valence-electron chi connectivity index (χ4n) is 1.63. The van der Waals surface area contributed by atoms with E-state index in [0.717, 1.165) is 5.56 Å². The summed E-state index contributed by atoms with van der Waals surface area (Å²) in [5.74, 6) is -0.588. The molecule has 0 aliphatic rings. The van der Waals surface area contributed by atoms with Crippen molar-refractivity contribution in [1.82, 2.24) is 4.98 Å². The van der Waals surface area contributed by atoms with E-state index in [2.05, 4.69) is 4.98 Å². The van der Waals surface area contributed by atoms with Gasteiger partial charge in [-0.05, 0) is 26.0 Å². The third-order valence-corrected chi connectivity index (χ3v) is 2.46. The van der Waals surface area contributed by atoms with Gasteiger partial charge >= 0.3 is 5.97 Å². The van der Waals surface area contributed by atoms with Crippen LogP contribution in [0.25, 0.3) is 11.5 Å². The molecule has 0 unspecified atom stereocenters. The van der Waals surface area contributed by atoms with Crippen LogP contribution in [0.2, 0.25) is 0 Å². The summed E-state index contributed by atoms with van der Waals surface area (Å²) in [5.41, 5.74) is 1.69. The van der Waals surface area contributed by atoms with Crippen molar-refractivity contribution in [3.05, 3.63) is 41.3 Å². The molecule has 1 heterocycles. The van der Waals surface area contributed by atoms with E-state index in [1.807, 2.05) is 31.2 Å². The molecule has 1 aromatic heterocycles. The molecule has 2 aromatic rings. The SMILES string of the molecule is CCOC(=O)c1oc(-c2cccc(C)c2)nc1C#N. The van der Waals surface area contributed by atoms with Gasteiger partial charge in [0, 0.05) is 5.56 Å². The van der Waals surface area contributed by atoms with E-state index >= 15 is 0 Å². The minimum Gasteiger partial charge on any atom is -0.460 e. The molecule has 0 spiro atoms. The Morgan fingerprint density at radius 1 is 1.53 bits per heavy atom. The lowest BCUT2D eigenvalue weighted by Gasteiger charge is -1.98. The lowest BCUT2D eigenvalue weighted by molar-refractivity contribution is 0.0490. The number of carbonyl (C=O) groups excluding carboxylic acids is 1. The van der Waals surface area contributed by atoms with Crippen LogP contribution in [-0.4, -0.2) is 17.6 Å². The van der Waals surface area contributed by atoms with Crippen molar-refractivity contribution < 1.29 is 13.9 Å². The zero-order chi connectivity index (χ0) is 13.8. The van der Waals surface area contributed by atoms with Crippen molar-refractivity contribution in [3.8, 4) is 17.5 Å². The molecule has 0 amide bonds. The van der Waals surface area contributed by atoms with Crippen LogP contribution in [0, 0.1) is 18.3 Å². The number of oxazole rings is 1. The molecule has 0 aliphatic heterocycles. The Hall–Kier alpha value is -2.61. The number of benzene rings is 1. The summed E-state index contributed by atoms with van der Waals surface area (Å²) < 4.78 is 10.2. The molecule has 19 heavy (non-hydrogen) atoms. The number of esters is 1. The summed E-state index contributed by atoms with van der Waals surface area (Å²) in [6.45, 7) is 3.83. The van der Waals surface area contributed by atoms with E-state index in [0.29, 0.717) is 5.56 Å². The largest absolute Gasteiger partial charge is 0.460 e. The topological polar surface area (TPSA) is 76.1 Å². The molecule has 0 aliphatic carbocycles. The number of rotatable bonds is 3. The third kappa shape index (κ3) is 2.63. The van der Waals surface area contributed by atoms with Crippen molar-refractivity contribution in [3.63, 3.8) is 0 Å². The van der Waals surface area contributed by atoms with E-state index in [4.69, 9.17) is 14.4 Å². The summed E-state index contributed by atoms with van der Waals surface area (Å²) in [6, 6.07) is 9.28. The van der Waals surface area contributed by atoms with Gasteiger partial charge in [-0.15, -0.1) is 0 Å². The molecule has 1 aromatic carbocycles. The highest BCUT2D eigenvalue weighted by atomic mass is 16.5. The Bertz CT molecular complexity index is 653. The van der Waals surface area contributed by atoms with Crippen LogP contribution in [0.1, 0.15) is 28.7 Å². The summed E-state index contributed by atoms with van der Waals surface area (Å²) in [4.78, 5) is 15.6. The minimum absolute atomic E-state index is 0.0602. The van der Waals surface area contributed by atoms with Gasteiger partial charge in [0.15, 0.2) is 5.69 Å². The molecule has 96 valence electrons. The average molecular weight is 256 g/mol. The second-order valence-electron chi connectivity index (χ2n) is 3.90. The summed E-state index contributed by atoms with van der Waals surface area (Å²) in [6.07, 6.45) is 0. The van der Waals surface area contributed by atoms with Crippen molar-refractivity contribution in [2.45, 2.75) is 13.8 Å². The quantitative estimate of drug-likeness (QED) is 0.789. The molecule has 5 heteroatoms. The molecule has 0 radical (unpaired) electrons. The van der Waals surface area contributed by atoms with Crippen LogP contribution < -0.4 is 0 Å². The molecular formula is C14H12N2O3. The van der Waals surface area contributed by atoms with Crippen molar-refractivity contribution in [2.24, 2.45) is 0 Å². The molecule has 0 bridgehead atoms. The smallest absolute Gasteiger partial charge is 0.377 e. The van der Waals surface area contributed by atoms with E-state index in [1.165, 1.54) is 0 Å². The Labute approximate surface area is 110 Å². The lowest BCUT2D eigenvalue weighted by Crippen LogP contribution is -2.05. The molecule has 5 nitrogen and oxygen atoms in total. The second kappa shape index (κ2) is 5.36. The van der Waals surface area contributed by atoms with Gasteiger partial charge in [-0.1, -0.05) is 17.7 Å². The fourth-order valence-corrected chi connectivity index (χ4v) is 1.63. The second-order valence-corrected chi connectivity index (χ2v) is 3.90. The number of nitriles is 1. The van der Waals surface area contributed by atoms with Gasteiger partial charge in [0.1, 0.15) is 6.07 Å². The molecule has 0 N–H and O–H groups in total. The van der Waals surface area contributed by atoms with Gasteiger partial charge in [0.25, 0.3) is 5.76 Å². The maximum absolute atomic E-state index is 11.6. The number of aryl methyl sites for hydroxylation is 1. The zero-order valence-electron chi connectivity index (χ0n) is 10.6. The Kier molecular flexibility index (Phi) is 3.62. The predicted octanol–water partition coefficient (Wildman–Crippen LogP) is 2.70. The average Bonchev–Trinajstić information content (AvgIpc) is 2.83. The van der Waals surface area contributed by atoms with E-state index < -0.39 is 5.97 Å². The fraction of sp³-hybridized carbons (Fsp3) is 0.214. The first-order valence-corrected chi connectivity index (χ1v) is 5.80. The summed E-state index contributed by atoms with van der Waals surface area (Å²) in [5, 5.41) is 8.97. The standard InChI is InChI=1S/C14H12N2O3/c1-3-18-14(17)12-11(8-15)16-13(19-12)10-6-4-5-9(2)7-10/h4-7H,3H2,1-2H3. The van der Waals surface area contributed by atoms with Gasteiger partial charge in [-0.3, -0.25) is 0 Å². The maximum Gasteiger partial charge on any atom is 0.377 e. The number of hydrogen-bond acceptors (Lipinski definition) is 5. The van der Waals surface area contributed by atoms with Crippen molar-refractivity contribution >= 4 is 5.97 Å². The third-order valence-electron chi connectivity index (χ3n) is 2.46. The van der Waals surface area contributed by atoms with E-state index in [9.17, 15) is 4.79 Å². The highest BCUT2D eigenvalue weighted by Gasteiger charge is 2.22. The number of hydrogen-bond donors (Lipinski definition) is 0. The number of aromatic nitrogens is 1. The first kappa shape index (κ1) is 12.8. The van der Waals surface area contributed by atoms with Crippen LogP contribution in [0.4, 0.5) is 0 Å². The predicted molar refractivity (Wildman–Crippen MR) is 67.3 cm³/mol. The van der Waals surface area contributed by atoms with E-state index in [1.54, 1.807) is 13.0 Å². The summed E-state index contributed by atoms with van der Waals surface area (Å²) in [7, 11) is 0. The van der Waals surface area contributed by atoms with Crippen LogP contribution in [0.5, 0.6) is 0 Å². The van der Waals surface area contributed by atoms with Gasteiger partial charge in [0.2, 0.25) is 5.89 Å². The Morgan fingerprint density at radius 2 is 2.32 bits per heavy atom. The van der Waals surface area contributed by atoms with Crippen LogP contribution in [0.3, 0.4) is 0 Å². The highest BCUT2D eigenvalue weighted by molar-refractivity contribution is 5.89. The van der Waals surface area contributed by atoms with Crippen LogP contribution in [0.15, 0.2) is 28.7 Å². The molecule has 0 fully saturated rings. The lowest BCUT2D eigenvalue weighted by atomic mass is 10.1. The number of nitrogens with zero attached hydrogens (tertiary/aromatic N) is 2.